The Morgan fingerprint density at radius 1 is 1.26 bits per heavy atom. The molecule has 0 bridgehead atoms. The van der Waals surface area contributed by atoms with Crippen molar-refractivity contribution in [3.05, 3.63) is 26.6 Å². The van der Waals surface area contributed by atoms with E-state index in [4.69, 9.17) is 5.11 Å². The summed E-state index contributed by atoms with van der Waals surface area (Å²) in [7, 11) is -3.16. The number of fused-ring (bicyclic) bond motifs is 1. The van der Waals surface area contributed by atoms with E-state index in [-0.39, 0.29) is 35.6 Å². The van der Waals surface area contributed by atoms with E-state index in [9.17, 15) is 18.0 Å². The van der Waals surface area contributed by atoms with E-state index in [1.165, 1.54) is 11.8 Å². The number of carboxylic acids is 1. The lowest BCUT2D eigenvalue weighted by Gasteiger charge is -2.27. The van der Waals surface area contributed by atoms with Crippen molar-refractivity contribution in [2.24, 2.45) is 4.99 Å². The van der Waals surface area contributed by atoms with E-state index < -0.39 is 21.7 Å². The first-order valence-electron chi connectivity index (χ1n) is 8.02. The van der Waals surface area contributed by atoms with E-state index in [1.807, 2.05) is 19.1 Å². The number of carboxylic acid groups (broad SMARTS) is 1. The Morgan fingerprint density at radius 2 is 1.89 bits per heavy atom. The van der Waals surface area contributed by atoms with Crippen molar-refractivity contribution >= 4 is 76.2 Å². The molecule has 11 heteroatoms. The van der Waals surface area contributed by atoms with Gasteiger partial charge in [0, 0.05) is 20.6 Å². The van der Waals surface area contributed by atoms with Crippen LogP contribution in [0.15, 0.2) is 26.1 Å². The van der Waals surface area contributed by atoms with Crippen molar-refractivity contribution in [1.29, 1.82) is 0 Å². The second-order valence-corrected chi connectivity index (χ2v) is 11.5. The number of rotatable bonds is 4. The number of thioether (sulfide) groups is 1. The predicted octanol–water partition coefficient (Wildman–Crippen LogP) is 2.99. The monoisotopic (exact) mass is 538 g/mol. The van der Waals surface area contributed by atoms with Crippen molar-refractivity contribution in [3.8, 4) is 0 Å². The maximum absolute atomic E-state index is 12.1. The molecule has 2 atom stereocenters. The Labute approximate surface area is 177 Å². The maximum atomic E-state index is 12.1. The summed E-state index contributed by atoms with van der Waals surface area (Å²) in [5.41, 5.74) is 1.72. The highest BCUT2D eigenvalue weighted by molar-refractivity contribution is 9.11. The van der Waals surface area contributed by atoms with Crippen molar-refractivity contribution in [2.75, 3.05) is 16.4 Å². The number of aliphatic carboxylic acids is 1. The SMILES string of the molecule is Cc1cc(Br)c(N2C(=NC(=O)CCC(=O)O)S[C@H]3CS(=O)(=O)C[C@@H]32)c(Br)c1. The summed E-state index contributed by atoms with van der Waals surface area (Å²) in [6.07, 6.45) is -0.490. The molecule has 7 nitrogen and oxygen atoms in total. The third-order valence-electron chi connectivity index (χ3n) is 4.24. The van der Waals surface area contributed by atoms with Crippen LogP contribution in [-0.2, 0) is 19.4 Å². The zero-order chi connectivity index (χ0) is 19.9. The van der Waals surface area contributed by atoms with Crippen molar-refractivity contribution in [1.82, 2.24) is 0 Å². The van der Waals surface area contributed by atoms with Gasteiger partial charge in [0.15, 0.2) is 15.0 Å². The molecule has 146 valence electrons. The van der Waals surface area contributed by atoms with Crippen LogP contribution in [0, 0.1) is 6.92 Å². The fourth-order valence-electron chi connectivity index (χ4n) is 3.12. The summed E-state index contributed by atoms with van der Waals surface area (Å²) < 4.78 is 25.7. The number of hydrogen-bond acceptors (Lipinski definition) is 5. The lowest BCUT2D eigenvalue weighted by atomic mass is 10.1. The molecule has 0 radical (unpaired) electrons. The second-order valence-electron chi connectivity index (χ2n) is 6.43. The fourth-order valence-corrected chi connectivity index (χ4v) is 8.84. The first-order chi connectivity index (χ1) is 12.6. The zero-order valence-corrected chi connectivity index (χ0v) is 19.0. The number of benzene rings is 1. The summed E-state index contributed by atoms with van der Waals surface area (Å²) in [6.45, 7) is 1.94. The molecule has 1 aromatic carbocycles. The standard InChI is InChI=1S/C16H16Br2N2O5S2/c1-8-4-9(17)15(10(18)5-8)20-11-6-27(24,25)7-12(11)26-16(20)19-13(21)2-3-14(22)23/h4-5,11-12H,2-3,6-7H2,1H3,(H,22,23)/t11-,12-/m0/s1. The number of amidine groups is 1. The van der Waals surface area contributed by atoms with Gasteiger partial charge in [0.1, 0.15) is 0 Å². The number of sulfone groups is 1. The van der Waals surface area contributed by atoms with Crippen LogP contribution >= 0.6 is 43.6 Å². The molecule has 1 amide bonds. The van der Waals surface area contributed by atoms with Gasteiger partial charge in [0.05, 0.1) is 29.7 Å². The minimum Gasteiger partial charge on any atom is -0.481 e. The van der Waals surface area contributed by atoms with E-state index in [0.717, 1.165) is 14.5 Å². The van der Waals surface area contributed by atoms with E-state index in [2.05, 4.69) is 36.9 Å². The second kappa shape index (κ2) is 7.84. The number of nitrogens with zero attached hydrogens (tertiary/aromatic N) is 2. The highest BCUT2D eigenvalue weighted by Crippen LogP contribution is 2.46. The molecule has 1 N–H and O–H groups in total. The Morgan fingerprint density at radius 3 is 2.48 bits per heavy atom. The van der Waals surface area contributed by atoms with Gasteiger partial charge in [-0.3, -0.25) is 9.59 Å². The number of hydrogen-bond donors (Lipinski definition) is 1. The summed E-state index contributed by atoms with van der Waals surface area (Å²) in [5, 5.41) is 8.93. The van der Waals surface area contributed by atoms with Crippen molar-refractivity contribution in [3.63, 3.8) is 0 Å². The van der Waals surface area contributed by atoms with Gasteiger partial charge in [-0.05, 0) is 56.5 Å². The molecule has 1 aromatic rings. The molecule has 0 saturated carbocycles. The van der Waals surface area contributed by atoms with Crippen LogP contribution in [0.25, 0.3) is 0 Å². The van der Waals surface area contributed by atoms with Crippen LogP contribution in [0.3, 0.4) is 0 Å². The largest absolute Gasteiger partial charge is 0.481 e. The van der Waals surface area contributed by atoms with Gasteiger partial charge >= 0.3 is 5.97 Å². The topological polar surface area (TPSA) is 104 Å². The summed E-state index contributed by atoms with van der Waals surface area (Å²) in [6, 6.07) is 3.48. The highest BCUT2D eigenvalue weighted by Gasteiger charge is 2.50. The molecule has 0 unspecified atom stereocenters. The molecule has 2 aliphatic heterocycles. The third-order valence-corrected chi connectivity index (χ3v) is 8.66. The molecule has 0 aliphatic carbocycles. The quantitative estimate of drug-likeness (QED) is 0.627. The molecule has 2 saturated heterocycles. The Hall–Kier alpha value is -0.910. The smallest absolute Gasteiger partial charge is 0.303 e. The molecule has 2 fully saturated rings. The van der Waals surface area contributed by atoms with Crippen LogP contribution in [0.5, 0.6) is 0 Å². The van der Waals surface area contributed by atoms with Crippen LogP contribution in [0.2, 0.25) is 0 Å². The zero-order valence-electron chi connectivity index (χ0n) is 14.2. The molecule has 27 heavy (non-hydrogen) atoms. The number of anilines is 1. The number of aryl methyl sites for hydroxylation is 1. The molecule has 2 aliphatic rings. The average Bonchev–Trinajstić information content (AvgIpc) is 2.97. The van der Waals surface area contributed by atoms with Gasteiger partial charge in [0.2, 0.25) is 5.91 Å². The lowest BCUT2D eigenvalue weighted by molar-refractivity contribution is -0.138. The maximum Gasteiger partial charge on any atom is 0.303 e. The van der Waals surface area contributed by atoms with Gasteiger partial charge in [-0.15, -0.1) is 0 Å². The predicted molar refractivity (Wildman–Crippen MR) is 112 cm³/mol. The average molecular weight is 540 g/mol. The van der Waals surface area contributed by atoms with Crippen LogP contribution in [0.1, 0.15) is 18.4 Å². The number of carbonyl (C=O) groups is 2. The number of amides is 1. The molecule has 0 aromatic heterocycles. The van der Waals surface area contributed by atoms with Crippen LogP contribution in [-0.4, -0.2) is 53.4 Å². The Bertz CT molecular complexity index is 925. The Kier molecular flexibility index (Phi) is 6.05. The number of aliphatic imine (C=N–C) groups is 1. The van der Waals surface area contributed by atoms with Crippen LogP contribution in [0.4, 0.5) is 5.69 Å². The van der Waals surface area contributed by atoms with Crippen LogP contribution < -0.4 is 4.90 Å². The lowest BCUT2D eigenvalue weighted by Crippen LogP contribution is -2.38. The van der Waals surface area contributed by atoms with Gasteiger partial charge < -0.3 is 10.0 Å². The van der Waals surface area contributed by atoms with Crippen molar-refractivity contribution < 1.29 is 23.1 Å². The molecule has 3 rings (SSSR count). The number of halogens is 2. The third kappa shape index (κ3) is 4.57. The molecular formula is C16H16Br2N2O5S2. The van der Waals surface area contributed by atoms with Gasteiger partial charge in [-0.2, -0.15) is 4.99 Å². The molecule has 0 spiro atoms. The van der Waals surface area contributed by atoms with E-state index in [0.29, 0.717) is 10.9 Å². The summed E-state index contributed by atoms with van der Waals surface area (Å²) in [4.78, 5) is 28.7. The van der Waals surface area contributed by atoms with E-state index >= 15 is 0 Å². The highest BCUT2D eigenvalue weighted by atomic mass is 79.9. The van der Waals surface area contributed by atoms with Crippen molar-refractivity contribution in [2.45, 2.75) is 31.1 Å². The van der Waals surface area contributed by atoms with Gasteiger partial charge in [-0.25, -0.2) is 8.42 Å². The molecule has 2 heterocycles. The fraction of sp³-hybridized carbons (Fsp3) is 0.438. The van der Waals surface area contributed by atoms with E-state index in [1.54, 1.807) is 4.90 Å². The first kappa shape index (κ1) is 20.8. The molecular weight excluding hydrogens is 524 g/mol. The normalized spacial score (nSPS) is 25.0. The first-order valence-corrected chi connectivity index (χ1v) is 12.3. The Balaban J connectivity index is 2.02. The van der Waals surface area contributed by atoms with Gasteiger partial charge in [0.25, 0.3) is 0 Å². The number of carbonyl (C=O) groups excluding carboxylic acids is 1. The minimum absolute atomic E-state index is 0.0141. The van der Waals surface area contributed by atoms with Gasteiger partial charge in [-0.1, -0.05) is 11.8 Å². The minimum atomic E-state index is -3.16. The summed E-state index contributed by atoms with van der Waals surface area (Å²) in [5.74, 6) is -1.58. The summed E-state index contributed by atoms with van der Waals surface area (Å²) >= 11 is 8.32.